The zero-order valence-electron chi connectivity index (χ0n) is 16.1. The largest absolute Gasteiger partial charge is 0.349 e. The van der Waals surface area contributed by atoms with E-state index in [9.17, 15) is 8.42 Å². The molecule has 3 rings (SSSR count). The second kappa shape index (κ2) is 7.89. The maximum absolute atomic E-state index is 11.7. The molecule has 0 spiro atoms. The van der Waals surface area contributed by atoms with Crippen LogP contribution in [0.5, 0.6) is 0 Å². The third kappa shape index (κ3) is 4.80. The van der Waals surface area contributed by atoms with Gasteiger partial charge < -0.3 is 10.2 Å². The first-order chi connectivity index (χ1) is 12.3. The number of aliphatic imine (C=N–C) groups is 1. The molecule has 2 aliphatic heterocycles. The molecule has 3 atom stereocenters. The molecule has 2 aliphatic rings. The van der Waals surface area contributed by atoms with Crippen molar-refractivity contribution < 1.29 is 8.42 Å². The number of sulfone groups is 1. The Morgan fingerprint density at radius 2 is 2.35 bits per heavy atom. The van der Waals surface area contributed by atoms with Crippen molar-refractivity contribution >= 4 is 27.1 Å². The van der Waals surface area contributed by atoms with E-state index in [-0.39, 0.29) is 17.7 Å². The van der Waals surface area contributed by atoms with E-state index in [1.807, 2.05) is 0 Å². The van der Waals surface area contributed by atoms with Crippen LogP contribution >= 0.6 is 11.3 Å². The van der Waals surface area contributed by atoms with Crippen molar-refractivity contribution in [1.82, 2.24) is 10.2 Å². The number of nitrogens with one attached hydrogen (secondary N) is 1. The fraction of sp³-hybridized carbons (Fsp3) is 0.737. The SMILES string of the molecule is CCC1(C)CCN(C(=NCC2CCS(=O)(=O)C2)NC(C)c2cccs2)C1. The van der Waals surface area contributed by atoms with Gasteiger partial charge in [0.05, 0.1) is 17.5 Å². The zero-order chi connectivity index (χ0) is 18.8. The average molecular weight is 398 g/mol. The van der Waals surface area contributed by atoms with Crippen LogP contribution in [-0.4, -0.2) is 50.4 Å². The number of rotatable bonds is 5. The van der Waals surface area contributed by atoms with E-state index in [1.54, 1.807) is 11.3 Å². The van der Waals surface area contributed by atoms with Crippen molar-refractivity contribution in [3.8, 4) is 0 Å². The average Bonchev–Trinajstić information content (AvgIpc) is 3.32. The van der Waals surface area contributed by atoms with Crippen LogP contribution in [0.2, 0.25) is 0 Å². The van der Waals surface area contributed by atoms with Gasteiger partial charge in [0.1, 0.15) is 0 Å². The molecule has 0 aromatic carbocycles. The highest BCUT2D eigenvalue weighted by atomic mass is 32.2. The normalized spacial score (nSPS) is 29.9. The van der Waals surface area contributed by atoms with Crippen LogP contribution in [0, 0.1) is 11.3 Å². The van der Waals surface area contributed by atoms with Gasteiger partial charge in [0, 0.05) is 24.5 Å². The second-order valence-corrected chi connectivity index (χ2v) is 11.4. The highest BCUT2D eigenvalue weighted by Crippen LogP contribution is 2.33. The molecule has 3 unspecified atom stereocenters. The maximum Gasteiger partial charge on any atom is 0.194 e. The van der Waals surface area contributed by atoms with Crippen molar-refractivity contribution in [2.45, 2.75) is 46.1 Å². The standard InChI is InChI=1S/C19H31N3O2S2/c1-4-19(3)8-9-22(14-19)18(21-15(2)17-6-5-10-25-17)20-12-16-7-11-26(23,24)13-16/h5-6,10,15-16H,4,7-9,11-14H2,1-3H3,(H,20,21). The summed E-state index contributed by atoms with van der Waals surface area (Å²) in [6, 6.07) is 4.42. The van der Waals surface area contributed by atoms with E-state index in [4.69, 9.17) is 4.99 Å². The van der Waals surface area contributed by atoms with Gasteiger partial charge in [-0.15, -0.1) is 11.3 Å². The Hall–Kier alpha value is -1.08. The van der Waals surface area contributed by atoms with Crippen molar-refractivity contribution in [2.75, 3.05) is 31.1 Å². The Morgan fingerprint density at radius 1 is 1.54 bits per heavy atom. The lowest BCUT2D eigenvalue weighted by Gasteiger charge is -2.27. The molecule has 1 aromatic rings. The number of nitrogens with zero attached hydrogens (tertiary/aromatic N) is 2. The Bertz CT molecular complexity index is 730. The molecule has 146 valence electrons. The third-order valence-electron chi connectivity index (χ3n) is 5.85. The number of likely N-dealkylation sites (tertiary alicyclic amines) is 1. The van der Waals surface area contributed by atoms with E-state index >= 15 is 0 Å². The van der Waals surface area contributed by atoms with E-state index in [0.29, 0.717) is 17.7 Å². The summed E-state index contributed by atoms with van der Waals surface area (Å²) in [6.07, 6.45) is 3.08. The highest BCUT2D eigenvalue weighted by Gasteiger charge is 2.34. The number of hydrogen-bond donors (Lipinski definition) is 1. The predicted molar refractivity (Wildman–Crippen MR) is 110 cm³/mol. The van der Waals surface area contributed by atoms with Gasteiger partial charge in [-0.05, 0) is 49.0 Å². The summed E-state index contributed by atoms with van der Waals surface area (Å²) in [5.74, 6) is 1.71. The molecule has 0 amide bonds. The molecule has 7 heteroatoms. The minimum Gasteiger partial charge on any atom is -0.349 e. The molecule has 2 saturated heterocycles. The van der Waals surface area contributed by atoms with Crippen molar-refractivity contribution in [3.63, 3.8) is 0 Å². The lowest BCUT2D eigenvalue weighted by Crippen LogP contribution is -2.42. The summed E-state index contributed by atoms with van der Waals surface area (Å²) in [5.41, 5.74) is 0.339. The molecule has 3 heterocycles. The molecule has 1 aromatic heterocycles. The van der Waals surface area contributed by atoms with Crippen molar-refractivity contribution in [1.29, 1.82) is 0 Å². The summed E-state index contributed by atoms with van der Waals surface area (Å²) in [7, 11) is -2.85. The van der Waals surface area contributed by atoms with Crippen LogP contribution in [0.3, 0.4) is 0 Å². The maximum atomic E-state index is 11.7. The van der Waals surface area contributed by atoms with Gasteiger partial charge in [0.15, 0.2) is 15.8 Å². The van der Waals surface area contributed by atoms with Gasteiger partial charge in [-0.3, -0.25) is 4.99 Å². The topological polar surface area (TPSA) is 61.8 Å². The van der Waals surface area contributed by atoms with Gasteiger partial charge in [-0.2, -0.15) is 0 Å². The summed E-state index contributed by atoms with van der Waals surface area (Å²) < 4.78 is 23.5. The first-order valence-electron chi connectivity index (χ1n) is 9.60. The Labute approximate surface area is 161 Å². The summed E-state index contributed by atoms with van der Waals surface area (Å²) >= 11 is 1.75. The number of hydrogen-bond acceptors (Lipinski definition) is 4. The highest BCUT2D eigenvalue weighted by molar-refractivity contribution is 7.91. The summed E-state index contributed by atoms with van der Waals surface area (Å²) in [5, 5.41) is 5.70. The van der Waals surface area contributed by atoms with E-state index in [2.05, 4.69) is 48.5 Å². The summed E-state index contributed by atoms with van der Waals surface area (Å²) in [4.78, 5) is 8.52. The predicted octanol–water partition coefficient (Wildman–Crippen LogP) is 3.31. The first-order valence-corrected chi connectivity index (χ1v) is 12.3. The van der Waals surface area contributed by atoms with Gasteiger partial charge in [-0.25, -0.2) is 8.42 Å². The minimum atomic E-state index is -2.85. The quantitative estimate of drug-likeness (QED) is 0.612. The van der Waals surface area contributed by atoms with E-state index < -0.39 is 9.84 Å². The molecule has 0 radical (unpaired) electrons. The number of thiophene rings is 1. The molecule has 0 aliphatic carbocycles. The first kappa shape index (κ1) is 19.7. The van der Waals surface area contributed by atoms with Crippen LogP contribution < -0.4 is 5.32 Å². The van der Waals surface area contributed by atoms with Gasteiger partial charge in [0.25, 0.3) is 0 Å². The van der Waals surface area contributed by atoms with Gasteiger partial charge in [0.2, 0.25) is 0 Å². The molecule has 1 N–H and O–H groups in total. The Morgan fingerprint density at radius 3 is 2.92 bits per heavy atom. The molecule has 0 bridgehead atoms. The van der Waals surface area contributed by atoms with Crippen LogP contribution in [0.4, 0.5) is 0 Å². The lowest BCUT2D eigenvalue weighted by molar-refractivity contribution is 0.320. The molecule has 26 heavy (non-hydrogen) atoms. The summed E-state index contributed by atoms with van der Waals surface area (Å²) in [6.45, 7) is 9.38. The van der Waals surface area contributed by atoms with Crippen LogP contribution in [-0.2, 0) is 9.84 Å². The Balaban J connectivity index is 1.72. The van der Waals surface area contributed by atoms with Gasteiger partial charge >= 0.3 is 0 Å². The van der Waals surface area contributed by atoms with E-state index in [0.717, 1.165) is 31.9 Å². The molecule has 2 fully saturated rings. The van der Waals surface area contributed by atoms with Crippen molar-refractivity contribution in [2.24, 2.45) is 16.3 Å². The molecular weight excluding hydrogens is 366 g/mol. The van der Waals surface area contributed by atoms with Crippen LogP contribution in [0.25, 0.3) is 0 Å². The second-order valence-electron chi connectivity index (χ2n) is 8.15. The molecular formula is C19H31N3O2S2. The number of guanidine groups is 1. The fourth-order valence-corrected chi connectivity index (χ4v) is 6.35. The smallest absolute Gasteiger partial charge is 0.194 e. The van der Waals surface area contributed by atoms with Crippen LogP contribution in [0.15, 0.2) is 22.5 Å². The van der Waals surface area contributed by atoms with Gasteiger partial charge in [-0.1, -0.05) is 19.9 Å². The lowest BCUT2D eigenvalue weighted by atomic mass is 9.87. The monoisotopic (exact) mass is 397 g/mol. The zero-order valence-corrected chi connectivity index (χ0v) is 17.7. The van der Waals surface area contributed by atoms with Crippen molar-refractivity contribution in [3.05, 3.63) is 22.4 Å². The Kier molecular flexibility index (Phi) is 5.97. The third-order valence-corrected chi connectivity index (χ3v) is 8.74. The van der Waals surface area contributed by atoms with Crippen LogP contribution in [0.1, 0.15) is 51.0 Å². The molecule has 5 nitrogen and oxygen atoms in total. The molecule has 0 saturated carbocycles. The minimum absolute atomic E-state index is 0.161. The fourth-order valence-electron chi connectivity index (χ4n) is 3.76. The van der Waals surface area contributed by atoms with E-state index in [1.165, 1.54) is 11.3 Å².